The van der Waals surface area contributed by atoms with E-state index >= 15 is 0 Å². The molecule has 0 aromatic carbocycles. The Labute approximate surface area is 133 Å². The van der Waals surface area contributed by atoms with E-state index in [-0.39, 0.29) is 17.5 Å². The normalized spacial score (nSPS) is 20.0. The Balaban J connectivity index is 1.51. The van der Waals surface area contributed by atoms with E-state index in [9.17, 15) is 9.59 Å². The lowest BCUT2D eigenvalue weighted by Crippen LogP contribution is -2.36. The number of nitrogens with zero attached hydrogens (tertiary/aromatic N) is 5. The van der Waals surface area contributed by atoms with Crippen LogP contribution in [0.5, 0.6) is 0 Å². The highest BCUT2D eigenvalue weighted by Gasteiger charge is 2.28. The topological polar surface area (TPSA) is 86.7 Å². The summed E-state index contributed by atoms with van der Waals surface area (Å²) in [5.41, 5.74) is -0.153. The quantitative estimate of drug-likeness (QED) is 0.864. The summed E-state index contributed by atoms with van der Waals surface area (Å²) in [6, 6.07) is 0. The van der Waals surface area contributed by atoms with Crippen molar-refractivity contribution in [3.63, 3.8) is 0 Å². The van der Waals surface area contributed by atoms with Gasteiger partial charge in [-0.2, -0.15) is 5.10 Å². The fraction of sp³-hybridized carbons (Fsp3) is 0.600. The largest absolute Gasteiger partial charge is 0.345 e. The monoisotopic (exact) mass is 316 g/mol. The minimum absolute atomic E-state index is 0.0420. The molecule has 2 aliphatic rings. The molecule has 8 nitrogen and oxygen atoms in total. The molecule has 0 saturated heterocycles. The van der Waals surface area contributed by atoms with Crippen molar-refractivity contribution in [2.45, 2.75) is 45.2 Å². The van der Waals surface area contributed by atoms with Gasteiger partial charge >= 0.3 is 5.69 Å². The van der Waals surface area contributed by atoms with Gasteiger partial charge in [0.05, 0.1) is 12.1 Å². The van der Waals surface area contributed by atoms with Crippen molar-refractivity contribution in [2.75, 3.05) is 5.32 Å². The lowest BCUT2D eigenvalue weighted by Gasteiger charge is -2.22. The van der Waals surface area contributed by atoms with E-state index in [1.54, 1.807) is 17.8 Å². The van der Waals surface area contributed by atoms with Gasteiger partial charge in [-0.05, 0) is 19.3 Å². The van der Waals surface area contributed by atoms with Crippen LogP contribution in [0.25, 0.3) is 0 Å². The van der Waals surface area contributed by atoms with Crippen LogP contribution in [0.15, 0.2) is 11.0 Å². The number of aryl methyl sites for hydroxylation is 3. The summed E-state index contributed by atoms with van der Waals surface area (Å²) in [5.74, 6) is 2.33. The molecule has 122 valence electrons. The molecule has 1 N–H and O–H groups in total. The second-order valence-corrected chi connectivity index (χ2v) is 6.33. The Morgan fingerprint density at radius 3 is 3.00 bits per heavy atom. The third-order valence-corrected chi connectivity index (χ3v) is 4.80. The van der Waals surface area contributed by atoms with Crippen LogP contribution in [0, 0.1) is 5.92 Å². The molecule has 0 saturated carbocycles. The molecule has 0 unspecified atom stereocenters. The number of imidazole rings is 1. The Kier molecular flexibility index (Phi) is 3.32. The number of nitrogens with one attached hydrogen (secondary N) is 1. The van der Waals surface area contributed by atoms with Crippen LogP contribution >= 0.6 is 0 Å². The molecule has 4 heterocycles. The highest BCUT2D eigenvalue weighted by molar-refractivity contribution is 5.91. The number of anilines is 1. The summed E-state index contributed by atoms with van der Waals surface area (Å²) in [7, 11) is 1.64. The fourth-order valence-corrected chi connectivity index (χ4v) is 3.50. The first-order valence-electron chi connectivity index (χ1n) is 8.11. The SMILES string of the molecule is Cn1nc2n(c1=O)C[C@H](C(=O)Nc1cnc3n1CCCC3)CC2. The predicted molar refractivity (Wildman–Crippen MR) is 83.1 cm³/mol. The molecule has 0 spiro atoms. The molecule has 1 atom stereocenters. The van der Waals surface area contributed by atoms with Crippen LogP contribution in [0.1, 0.15) is 30.9 Å². The van der Waals surface area contributed by atoms with Crippen molar-refractivity contribution in [1.82, 2.24) is 23.9 Å². The van der Waals surface area contributed by atoms with E-state index in [0.29, 0.717) is 19.4 Å². The van der Waals surface area contributed by atoms with E-state index in [1.165, 1.54) is 4.68 Å². The first-order chi connectivity index (χ1) is 11.1. The standard InChI is InChI=1S/C15H20N6O2/c1-19-15(23)21-9-10(5-6-12(21)18-19)14(22)17-13-8-16-11-4-2-3-7-20(11)13/h8,10H,2-7,9H2,1H3,(H,17,22)/t10-/m1/s1. The summed E-state index contributed by atoms with van der Waals surface area (Å²) < 4.78 is 5.04. The lowest BCUT2D eigenvalue weighted by molar-refractivity contribution is -0.120. The van der Waals surface area contributed by atoms with Crippen molar-refractivity contribution in [1.29, 1.82) is 0 Å². The van der Waals surface area contributed by atoms with Gasteiger partial charge in [-0.3, -0.25) is 9.36 Å². The second-order valence-electron chi connectivity index (χ2n) is 6.33. The van der Waals surface area contributed by atoms with Gasteiger partial charge in [0, 0.05) is 33.0 Å². The average Bonchev–Trinajstić information content (AvgIpc) is 3.09. The summed E-state index contributed by atoms with van der Waals surface area (Å²) >= 11 is 0. The summed E-state index contributed by atoms with van der Waals surface area (Å²) in [6.07, 6.45) is 6.34. The highest BCUT2D eigenvalue weighted by atomic mass is 16.2. The van der Waals surface area contributed by atoms with Gasteiger partial charge in [0.1, 0.15) is 17.5 Å². The molecule has 4 rings (SSSR count). The number of fused-ring (bicyclic) bond motifs is 2. The maximum Gasteiger partial charge on any atom is 0.345 e. The summed E-state index contributed by atoms with van der Waals surface area (Å²) in [5, 5.41) is 7.20. The number of rotatable bonds is 2. The van der Waals surface area contributed by atoms with Gasteiger partial charge in [0.25, 0.3) is 0 Å². The third-order valence-electron chi connectivity index (χ3n) is 4.80. The number of carbonyl (C=O) groups excluding carboxylic acids is 1. The summed E-state index contributed by atoms with van der Waals surface area (Å²) in [4.78, 5) is 29.0. The lowest BCUT2D eigenvalue weighted by atomic mass is 9.98. The Hall–Kier alpha value is -2.38. The minimum atomic E-state index is -0.209. The van der Waals surface area contributed by atoms with Gasteiger partial charge in [-0.25, -0.2) is 14.5 Å². The summed E-state index contributed by atoms with van der Waals surface area (Å²) in [6.45, 7) is 1.30. The van der Waals surface area contributed by atoms with Gasteiger partial charge < -0.3 is 9.88 Å². The number of amides is 1. The maximum absolute atomic E-state index is 12.6. The Bertz CT molecular complexity index is 815. The number of hydrogen-bond acceptors (Lipinski definition) is 4. The Morgan fingerprint density at radius 2 is 2.13 bits per heavy atom. The van der Waals surface area contributed by atoms with Crippen LogP contribution in [0.4, 0.5) is 5.82 Å². The minimum Gasteiger partial charge on any atom is -0.315 e. The number of aromatic nitrogens is 5. The predicted octanol–water partition coefficient (Wildman–Crippen LogP) is 0.316. The zero-order valence-electron chi connectivity index (χ0n) is 13.2. The second kappa shape index (κ2) is 5.36. The highest BCUT2D eigenvalue weighted by Crippen LogP contribution is 2.22. The number of carbonyl (C=O) groups is 1. The molecule has 23 heavy (non-hydrogen) atoms. The molecular formula is C15H20N6O2. The van der Waals surface area contributed by atoms with E-state index in [4.69, 9.17) is 0 Å². The molecule has 0 fully saturated rings. The van der Waals surface area contributed by atoms with E-state index in [2.05, 4.69) is 20.0 Å². The molecule has 0 radical (unpaired) electrons. The third kappa shape index (κ3) is 2.38. The van der Waals surface area contributed by atoms with Crippen molar-refractivity contribution in [3.8, 4) is 0 Å². The van der Waals surface area contributed by atoms with Crippen molar-refractivity contribution in [3.05, 3.63) is 28.3 Å². The number of hydrogen-bond donors (Lipinski definition) is 1. The maximum atomic E-state index is 12.6. The fourth-order valence-electron chi connectivity index (χ4n) is 3.50. The first kappa shape index (κ1) is 14.2. The van der Waals surface area contributed by atoms with Crippen LogP contribution in [-0.4, -0.2) is 29.8 Å². The van der Waals surface area contributed by atoms with Crippen molar-refractivity contribution in [2.24, 2.45) is 13.0 Å². The molecule has 2 aromatic rings. The van der Waals surface area contributed by atoms with Gasteiger partial charge in [-0.1, -0.05) is 0 Å². The average molecular weight is 316 g/mol. The van der Waals surface area contributed by atoms with Crippen LogP contribution < -0.4 is 11.0 Å². The molecule has 1 amide bonds. The molecule has 0 bridgehead atoms. The molecule has 2 aromatic heterocycles. The van der Waals surface area contributed by atoms with Crippen LogP contribution in [0.2, 0.25) is 0 Å². The molecule has 8 heteroatoms. The van der Waals surface area contributed by atoms with E-state index < -0.39 is 0 Å². The zero-order valence-corrected chi connectivity index (χ0v) is 13.2. The first-order valence-corrected chi connectivity index (χ1v) is 8.11. The van der Waals surface area contributed by atoms with E-state index in [0.717, 1.165) is 43.3 Å². The van der Waals surface area contributed by atoms with Crippen LogP contribution in [-0.2, 0) is 37.8 Å². The van der Waals surface area contributed by atoms with E-state index in [1.807, 2.05) is 0 Å². The van der Waals surface area contributed by atoms with Gasteiger partial charge in [-0.15, -0.1) is 0 Å². The van der Waals surface area contributed by atoms with Crippen molar-refractivity contribution < 1.29 is 4.79 Å². The van der Waals surface area contributed by atoms with Crippen molar-refractivity contribution >= 4 is 11.7 Å². The van der Waals surface area contributed by atoms with Gasteiger partial charge in [0.15, 0.2) is 0 Å². The Morgan fingerprint density at radius 1 is 1.26 bits per heavy atom. The van der Waals surface area contributed by atoms with Gasteiger partial charge in [0.2, 0.25) is 5.91 Å². The van der Waals surface area contributed by atoms with Crippen LogP contribution in [0.3, 0.4) is 0 Å². The molecule has 2 aliphatic heterocycles. The molecular weight excluding hydrogens is 296 g/mol. The molecule has 0 aliphatic carbocycles. The zero-order chi connectivity index (χ0) is 16.0. The smallest absolute Gasteiger partial charge is 0.315 e.